The van der Waals surface area contributed by atoms with E-state index >= 15 is 0 Å². The highest BCUT2D eigenvalue weighted by Gasteiger charge is 1.99. The zero-order valence-corrected chi connectivity index (χ0v) is 17.8. The molecule has 27 heavy (non-hydrogen) atoms. The molecule has 0 atom stereocenters. The van der Waals surface area contributed by atoms with E-state index in [0.717, 1.165) is 24.7 Å². The van der Waals surface area contributed by atoms with E-state index in [1.165, 1.54) is 12.1 Å². The van der Waals surface area contributed by atoms with Crippen molar-refractivity contribution in [3.63, 3.8) is 0 Å². The summed E-state index contributed by atoms with van der Waals surface area (Å²) in [4.78, 5) is 4.48. The van der Waals surface area contributed by atoms with E-state index in [9.17, 15) is 4.39 Å². The largest absolute Gasteiger partial charge is 0.492 e. The first kappa shape index (κ1) is 23.2. The van der Waals surface area contributed by atoms with Gasteiger partial charge in [-0.15, -0.1) is 24.0 Å². The molecule has 2 rings (SSSR count). The molecule has 1 aromatic heterocycles. The normalized spacial score (nSPS) is 11.0. The van der Waals surface area contributed by atoms with Crippen molar-refractivity contribution in [2.75, 3.05) is 32.8 Å². The summed E-state index contributed by atoms with van der Waals surface area (Å²) in [6.07, 6.45) is 2.45. The molecule has 0 radical (unpaired) electrons. The molecule has 0 aliphatic carbocycles. The average molecular weight is 491 g/mol. The fourth-order valence-corrected chi connectivity index (χ4v) is 2.16. The standard InChI is InChI=1S/C19H26FN3O3.HI/c1-2-21-19(22-9-5-11-24-15-18-8-4-12-25-18)23-10-13-26-17-7-3-6-16(20)14-17;/h3-4,6-8,12,14H,2,5,9-11,13,15H2,1H3,(H2,21,22,23);1H. The molecular formula is C19H27FIN3O3. The van der Waals surface area contributed by atoms with Gasteiger partial charge < -0.3 is 24.5 Å². The van der Waals surface area contributed by atoms with Gasteiger partial charge in [-0.05, 0) is 37.6 Å². The van der Waals surface area contributed by atoms with Gasteiger partial charge >= 0.3 is 0 Å². The van der Waals surface area contributed by atoms with E-state index in [4.69, 9.17) is 13.9 Å². The van der Waals surface area contributed by atoms with Crippen molar-refractivity contribution < 1.29 is 18.3 Å². The van der Waals surface area contributed by atoms with Crippen LogP contribution in [0.5, 0.6) is 5.75 Å². The Labute approximate surface area is 176 Å². The van der Waals surface area contributed by atoms with Crippen LogP contribution in [0.3, 0.4) is 0 Å². The minimum absolute atomic E-state index is 0. The van der Waals surface area contributed by atoms with Gasteiger partial charge in [0.2, 0.25) is 0 Å². The molecule has 0 spiro atoms. The summed E-state index contributed by atoms with van der Waals surface area (Å²) in [5, 5.41) is 6.35. The van der Waals surface area contributed by atoms with Crippen LogP contribution in [-0.2, 0) is 11.3 Å². The maximum atomic E-state index is 13.1. The number of guanidine groups is 1. The van der Waals surface area contributed by atoms with Crippen LogP contribution in [0.15, 0.2) is 52.1 Å². The Balaban J connectivity index is 0.00000364. The number of ether oxygens (including phenoxy) is 2. The minimum atomic E-state index is -0.306. The number of rotatable bonds is 11. The predicted octanol–water partition coefficient (Wildman–Crippen LogP) is 3.58. The summed E-state index contributed by atoms with van der Waals surface area (Å²) < 4.78 is 29.3. The Morgan fingerprint density at radius 2 is 2.07 bits per heavy atom. The van der Waals surface area contributed by atoms with E-state index < -0.39 is 0 Å². The highest BCUT2D eigenvalue weighted by molar-refractivity contribution is 14.0. The van der Waals surface area contributed by atoms with E-state index in [1.54, 1.807) is 18.4 Å². The molecule has 0 fully saturated rings. The summed E-state index contributed by atoms with van der Waals surface area (Å²) in [7, 11) is 0. The summed E-state index contributed by atoms with van der Waals surface area (Å²) in [5.74, 6) is 1.75. The molecule has 0 saturated heterocycles. The SMILES string of the molecule is CCNC(=NCCCOCc1ccco1)NCCOc1cccc(F)c1.I. The van der Waals surface area contributed by atoms with Gasteiger partial charge in [0, 0.05) is 25.8 Å². The molecule has 0 aliphatic rings. The topological polar surface area (TPSA) is 68.0 Å². The first-order valence-corrected chi connectivity index (χ1v) is 8.78. The van der Waals surface area contributed by atoms with Gasteiger partial charge in [-0.1, -0.05) is 6.07 Å². The van der Waals surface area contributed by atoms with Crippen molar-refractivity contribution in [2.24, 2.45) is 4.99 Å². The van der Waals surface area contributed by atoms with Crippen LogP contribution in [0.4, 0.5) is 4.39 Å². The molecule has 1 heterocycles. The number of nitrogens with one attached hydrogen (secondary N) is 2. The summed E-state index contributed by atoms with van der Waals surface area (Å²) >= 11 is 0. The van der Waals surface area contributed by atoms with Gasteiger partial charge in [0.05, 0.1) is 12.8 Å². The molecule has 2 N–H and O–H groups in total. The Hall–Kier alpha value is -1.81. The average Bonchev–Trinajstić information content (AvgIpc) is 3.15. The number of aliphatic imine (C=N–C) groups is 1. The molecule has 0 amide bonds. The number of nitrogens with zero attached hydrogens (tertiary/aromatic N) is 1. The van der Waals surface area contributed by atoms with Gasteiger partial charge in [0.15, 0.2) is 5.96 Å². The number of halogens is 2. The molecule has 8 heteroatoms. The van der Waals surface area contributed by atoms with Gasteiger partial charge in [-0.3, -0.25) is 4.99 Å². The Morgan fingerprint density at radius 1 is 1.19 bits per heavy atom. The van der Waals surface area contributed by atoms with Crippen LogP contribution >= 0.6 is 24.0 Å². The van der Waals surface area contributed by atoms with Crippen molar-refractivity contribution in [1.82, 2.24) is 10.6 Å². The van der Waals surface area contributed by atoms with Crippen LogP contribution in [-0.4, -0.2) is 38.8 Å². The van der Waals surface area contributed by atoms with Crippen LogP contribution < -0.4 is 15.4 Å². The van der Waals surface area contributed by atoms with Crippen molar-refractivity contribution in [3.05, 3.63) is 54.2 Å². The van der Waals surface area contributed by atoms with E-state index in [-0.39, 0.29) is 29.8 Å². The molecule has 0 aliphatic heterocycles. The predicted molar refractivity (Wildman–Crippen MR) is 114 cm³/mol. The van der Waals surface area contributed by atoms with Gasteiger partial charge in [0.1, 0.15) is 30.5 Å². The third kappa shape index (κ3) is 10.2. The van der Waals surface area contributed by atoms with Crippen molar-refractivity contribution >= 4 is 29.9 Å². The second kappa shape index (κ2) is 14.3. The molecule has 2 aromatic rings. The van der Waals surface area contributed by atoms with Crippen molar-refractivity contribution in [1.29, 1.82) is 0 Å². The highest BCUT2D eigenvalue weighted by Crippen LogP contribution is 2.11. The van der Waals surface area contributed by atoms with Gasteiger partial charge in [-0.2, -0.15) is 0 Å². The fraction of sp³-hybridized carbons (Fsp3) is 0.421. The molecule has 150 valence electrons. The van der Waals surface area contributed by atoms with E-state index in [1.807, 2.05) is 19.1 Å². The van der Waals surface area contributed by atoms with Crippen LogP contribution in [0.1, 0.15) is 19.1 Å². The molecular weight excluding hydrogens is 464 g/mol. The first-order chi connectivity index (χ1) is 12.8. The lowest BCUT2D eigenvalue weighted by molar-refractivity contribution is 0.105. The van der Waals surface area contributed by atoms with E-state index in [2.05, 4.69) is 15.6 Å². The first-order valence-electron chi connectivity index (χ1n) is 8.78. The summed E-state index contributed by atoms with van der Waals surface area (Å²) in [5.41, 5.74) is 0. The monoisotopic (exact) mass is 491 g/mol. The van der Waals surface area contributed by atoms with Gasteiger partial charge in [0.25, 0.3) is 0 Å². The van der Waals surface area contributed by atoms with Crippen LogP contribution in [0, 0.1) is 5.82 Å². The third-order valence-corrected chi connectivity index (χ3v) is 3.34. The number of hydrogen-bond donors (Lipinski definition) is 2. The number of furan rings is 1. The Bertz CT molecular complexity index is 653. The van der Waals surface area contributed by atoms with Crippen molar-refractivity contribution in [2.45, 2.75) is 20.0 Å². The molecule has 1 aromatic carbocycles. The van der Waals surface area contributed by atoms with Crippen LogP contribution in [0.2, 0.25) is 0 Å². The maximum Gasteiger partial charge on any atom is 0.191 e. The lowest BCUT2D eigenvalue weighted by Gasteiger charge is -2.12. The molecule has 0 bridgehead atoms. The highest BCUT2D eigenvalue weighted by atomic mass is 127. The number of hydrogen-bond acceptors (Lipinski definition) is 4. The second-order valence-corrected chi connectivity index (χ2v) is 5.48. The molecule has 0 unspecified atom stereocenters. The second-order valence-electron chi connectivity index (χ2n) is 5.48. The Kier molecular flexibility index (Phi) is 12.3. The van der Waals surface area contributed by atoms with E-state index in [0.29, 0.717) is 38.7 Å². The zero-order chi connectivity index (χ0) is 18.5. The fourth-order valence-electron chi connectivity index (χ4n) is 2.16. The third-order valence-electron chi connectivity index (χ3n) is 3.34. The van der Waals surface area contributed by atoms with Crippen LogP contribution in [0.25, 0.3) is 0 Å². The molecule has 0 saturated carbocycles. The molecule has 6 nitrogen and oxygen atoms in total. The summed E-state index contributed by atoms with van der Waals surface area (Å²) in [6, 6.07) is 9.83. The van der Waals surface area contributed by atoms with Gasteiger partial charge in [-0.25, -0.2) is 4.39 Å². The quantitative estimate of drug-likeness (QED) is 0.218. The Morgan fingerprint density at radius 3 is 2.81 bits per heavy atom. The smallest absolute Gasteiger partial charge is 0.191 e. The number of benzene rings is 1. The van der Waals surface area contributed by atoms with Crippen molar-refractivity contribution in [3.8, 4) is 5.75 Å². The lowest BCUT2D eigenvalue weighted by Crippen LogP contribution is -2.39. The minimum Gasteiger partial charge on any atom is -0.492 e. The lowest BCUT2D eigenvalue weighted by atomic mass is 10.3. The summed E-state index contributed by atoms with van der Waals surface area (Å²) in [6.45, 7) is 5.51. The maximum absolute atomic E-state index is 13.1. The zero-order valence-electron chi connectivity index (χ0n) is 15.4.